The van der Waals surface area contributed by atoms with Crippen LogP contribution in [0.15, 0.2) is 23.9 Å². The zero-order valence-electron chi connectivity index (χ0n) is 16.2. The van der Waals surface area contributed by atoms with Crippen molar-refractivity contribution in [2.75, 3.05) is 13.2 Å². The standard InChI is InChI=1S/C18H16ClN7O5/c1-8-7-31-13-6-24-5-9(15(27)16(28)14(24)18(30)25(8)13)17(29)20-4-12-22-21-11-3-2-10(19)23-26(11)12/h2-3,5,8,13-14H,4,6-7H2,1H3,(H,20,29)/t8-,13+,14?/m0/s1. The highest BCUT2D eigenvalue weighted by Gasteiger charge is 2.52. The Labute approximate surface area is 179 Å². The van der Waals surface area contributed by atoms with Crippen LogP contribution >= 0.6 is 11.6 Å². The van der Waals surface area contributed by atoms with Gasteiger partial charge in [0.25, 0.3) is 11.8 Å². The van der Waals surface area contributed by atoms with E-state index in [4.69, 9.17) is 16.3 Å². The van der Waals surface area contributed by atoms with Crippen molar-refractivity contribution in [3.05, 3.63) is 34.9 Å². The summed E-state index contributed by atoms with van der Waals surface area (Å²) in [6, 6.07) is 1.71. The summed E-state index contributed by atoms with van der Waals surface area (Å²) in [5.74, 6) is -2.92. The van der Waals surface area contributed by atoms with Gasteiger partial charge in [-0.05, 0) is 19.1 Å². The lowest BCUT2D eigenvalue weighted by Gasteiger charge is -2.43. The van der Waals surface area contributed by atoms with Gasteiger partial charge < -0.3 is 19.9 Å². The van der Waals surface area contributed by atoms with Crippen LogP contribution in [0.1, 0.15) is 12.7 Å². The van der Waals surface area contributed by atoms with E-state index in [0.717, 1.165) is 0 Å². The molecule has 13 heteroatoms. The second kappa shape index (κ2) is 7.10. The second-order valence-electron chi connectivity index (χ2n) is 7.44. The van der Waals surface area contributed by atoms with Crippen molar-refractivity contribution >= 4 is 40.6 Å². The second-order valence-corrected chi connectivity index (χ2v) is 7.83. The van der Waals surface area contributed by atoms with E-state index in [0.29, 0.717) is 12.3 Å². The molecular formula is C18H16ClN7O5. The van der Waals surface area contributed by atoms with Crippen LogP contribution in [-0.2, 0) is 30.5 Å². The lowest BCUT2D eigenvalue weighted by Crippen LogP contribution is -2.65. The molecule has 0 aromatic carbocycles. The molecule has 2 amide bonds. The van der Waals surface area contributed by atoms with E-state index in [9.17, 15) is 19.2 Å². The molecule has 3 aliphatic rings. The average molecular weight is 446 g/mol. The number of fused-ring (bicyclic) bond motifs is 3. The van der Waals surface area contributed by atoms with Gasteiger partial charge in [-0.25, -0.2) is 0 Å². The normalized spacial score (nSPS) is 25.5. The van der Waals surface area contributed by atoms with Crippen LogP contribution in [0.2, 0.25) is 5.15 Å². The van der Waals surface area contributed by atoms with E-state index in [1.165, 1.54) is 20.5 Å². The number of piperazine rings is 1. The fourth-order valence-electron chi connectivity index (χ4n) is 3.97. The Morgan fingerprint density at radius 1 is 1.29 bits per heavy atom. The summed E-state index contributed by atoms with van der Waals surface area (Å²) < 4.78 is 6.95. The van der Waals surface area contributed by atoms with Gasteiger partial charge in [0.1, 0.15) is 17.0 Å². The van der Waals surface area contributed by atoms with Crippen LogP contribution in [0.4, 0.5) is 0 Å². The van der Waals surface area contributed by atoms with Gasteiger partial charge in [0, 0.05) is 6.20 Å². The van der Waals surface area contributed by atoms with Gasteiger partial charge in [0.15, 0.2) is 17.5 Å². The lowest BCUT2D eigenvalue weighted by atomic mass is 9.93. The fourth-order valence-corrected chi connectivity index (χ4v) is 4.11. The van der Waals surface area contributed by atoms with Gasteiger partial charge in [-0.2, -0.15) is 9.61 Å². The number of halogens is 1. The maximum Gasteiger partial charge on any atom is 0.257 e. The molecule has 1 unspecified atom stereocenters. The summed E-state index contributed by atoms with van der Waals surface area (Å²) in [7, 11) is 0. The summed E-state index contributed by atoms with van der Waals surface area (Å²) in [4.78, 5) is 53.6. The number of nitrogens with zero attached hydrogens (tertiary/aromatic N) is 6. The molecule has 2 aromatic rings. The summed E-state index contributed by atoms with van der Waals surface area (Å²) >= 11 is 5.88. The Balaban J connectivity index is 1.37. The molecule has 1 N–H and O–H groups in total. The quantitative estimate of drug-likeness (QED) is 0.346. The van der Waals surface area contributed by atoms with Crippen molar-refractivity contribution in [2.24, 2.45) is 0 Å². The van der Waals surface area contributed by atoms with Gasteiger partial charge in [-0.15, -0.1) is 10.2 Å². The van der Waals surface area contributed by atoms with Crippen molar-refractivity contribution in [2.45, 2.75) is 31.8 Å². The minimum atomic E-state index is -1.27. The molecule has 160 valence electrons. The van der Waals surface area contributed by atoms with Crippen molar-refractivity contribution in [1.82, 2.24) is 34.9 Å². The van der Waals surface area contributed by atoms with E-state index in [2.05, 4.69) is 20.6 Å². The smallest absolute Gasteiger partial charge is 0.257 e. The molecule has 2 fully saturated rings. The molecule has 0 radical (unpaired) electrons. The topological polar surface area (TPSA) is 139 Å². The van der Waals surface area contributed by atoms with Crippen LogP contribution < -0.4 is 5.32 Å². The summed E-state index contributed by atoms with van der Waals surface area (Å²) in [6.45, 7) is 2.24. The van der Waals surface area contributed by atoms with E-state index in [1.54, 1.807) is 12.1 Å². The fraction of sp³-hybridized carbons (Fsp3) is 0.389. The highest BCUT2D eigenvalue weighted by molar-refractivity contribution is 6.53. The number of ether oxygens (including phenoxy) is 1. The molecule has 2 saturated heterocycles. The molecule has 5 heterocycles. The first-order valence-electron chi connectivity index (χ1n) is 9.50. The number of Topliss-reactive ketones (excluding diaryl/α,β-unsaturated/α-hetero) is 2. The molecule has 12 nitrogen and oxygen atoms in total. The SMILES string of the molecule is C[C@H]1CO[C@@H]2CN3C=C(C(=O)NCc4nnc5ccc(Cl)nn45)C(=O)C(=O)C3C(=O)N12. The first kappa shape index (κ1) is 19.6. The summed E-state index contributed by atoms with van der Waals surface area (Å²) in [5.41, 5.74) is 0.0789. The first-order valence-corrected chi connectivity index (χ1v) is 9.88. The minimum absolute atomic E-state index is 0.106. The summed E-state index contributed by atoms with van der Waals surface area (Å²) in [5, 5.41) is 14.7. The number of aromatic nitrogens is 4. The number of rotatable bonds is 3. The minimum Gasteiger partial charge on any atom is -0.354 e. The zero-order chi connectivity index (χ0) is 21.9. The van der Waals surface area contributed by atoms with Crippen LogP contribution in [0.5, 0.6) is 0 Å². The van der Waals surface area contributed by atoms with Crippen LogP contribution in [0.25, 0.3) is 5.65 Å². The maximum absolute atomic E-state index is 12.8. The first-order chi connectivity index (χ1) is 14.8. The molecule has 2 aromatic heterocycles. The number of amides is 2. The predicted molar refractivity (Wildman–Crippen MR) is 102 cm³/mol. The Morgan fingerprint density at radius 2 is 2.10 bits per heavy atom. The molecule has 0 spiro atoms. The molecule has 3 atom stereocenters. The third kappa shape index (κ3) is 3.06. The average Bonchev–Trinajstić information content (AvgIpc) is 3.31. The van der Waals surface area contributed by atoms with Gasteiger partial charge >= 0.3 is 0 Å². The monoisotopic (exact) mass is 445 g/mol. The zero-order valence-corrected chi connectivity index (χ0v) is 16.9. The number of nitrogens with one attached hydrogen (secondary N) is 1. The number of hydrogen-bond donors (Lipinski definition) is 1. The van der Waals surface area contributed by atoms with Crippen molar-refractivity contribution < 1.29 is 23.9 Å². The van der Waals surface area contributed by atoms with Gasteiger partial charge in [-0.1, -0.05) is 11.6 Å². The number of ketones is 2. The largest absolute Gasteiger partial charge is 0.354 e. The predicted octanol–water partition coefficient (Wildman–Crippen LogP) is -1.31. The van der Waals surface area contributed by atoms with Crippen molar-refractivity contribution in [3.8, 4) is 0 Å². The van der Waals surface area contributed by atoms with Gasteiger partial charge in [0.05, 0.1) is 25.7 Å². The van der Waals surface area contributed by atoms with Crippen molar-refractivity contribution in [3.63, 3.8) is 0 Å². The summed E-state index contributed by atoms with van der Waals surface area (Å²) in [6.07, 6.45) is 0.723. The molecule has 31 heavy (non-hydrogen) atoms. The van der Waals surface area contributed by atoms with Gasteiger partial charge in [-0.3, -0.25) is 19.2 Å². The Kier molecular flexibility index (Phi) is 4.48. The lowest BCUT2D eigenvalue weighted by molar-refractivity contribution is -0.159. The van der Waals surface area contributed by atoms with E-state index < -0.39 is 35.7 Å². The van der Waals surface area contributed by atoms with Gasteiger partial charge in [0.2, 0.25) is 11.6 Å². The molecule has 0 aliphatic carbocycles. The Bertz CT molecular complexity index is 1180. The van der Waals surface area contributed by atoms with Crippen LogP contribution in [-0.4, -0.2) is 84.5 Å². The number of carbonyl (C=O) groups excluding carboxylic acids is 4. The highest BCUT2D eigenvalue weighted by atomic mass is 35.5. The third-order valence-corrected chi connectivity index (χ3v) is 5.66. The molecule has 3 aliphatic heterocycles. The Hall–Kier alpha value is -3.38. The van der Waals surface area contributed by atoms with E-state index in [-0.39, 0.29) is 35.7 Å². The van der Waals surface area contributed by atoms with E-state index in [1.807, 2.05) is 6.92 Å². The molecular weight excluding hydrogens is 430 g/mol. The molecule has 5 rings (SSSR count). The molecule has 0 saturated carbocycles. The van der Waals surface area contributed by atoms with Crippen molar-refractivity contribution in [1.29, 1.82) is 0 Å². The van der Waals surface area contributed by atoms with Crippen LogP contribution in [0, 0.1) is 0 Å². The molecule has 0 bridgehead atoms. The third-order valence-electron chi connectivity index (χ3n) is 5.46. The number of hydrogen-bond acceptors (Lipinski definition) is 9. The highest BCUT2D eigenvalue weighted by Crippen LogP contribution is 2.29. The number of carbonyl (C=O) groups is 4. The maximum atomic E-state index is 12.8. The van der Waals surface area contributed by atoms with E-state index >= 15 is 0 Å². The Morgan fingerprint density at radius 3 is 2.90 bits per heavy atom. The van der Waals surface area contributed by atoms with Crippen LogP contribution in [0.3, 0.4) is 0 Å².